The minimum atomic E-state index is -0.505. The van der Waals surface area contributed by atoms with E-state index in [0.29, 0.717) is 11.7 Å². The maximum Gasteiger partial charge on any atom is 0.242 e. The number of carbonyl (C=O) groups excluding carboxylic acids is 1. The van der Waals surface area contributed by atoms with Crippen LogP contribution in [0.4, 0.5) is 5.13 Å². The normalized spacial score (nSPS) is 20.2. The van der Waals surface area contributed by atoms with Crippen LogP contribution in [-0.2, 0) is 11.3 Å². The Morgan fingerprint density at radius 2 is 2.17 bits per heavy atom. The molecule has 0 aliphatic carbocycles. The van der Waals surface area contributed by atoms with Gasteiger partial charge in [-0.1, -0.05) is 11.3 Å². The van der Waals surface area contributed by atoms with Gasteiger partial charge in [-0.15, -0.1) is 10.2 Å². The van der Waals surface area contributed by atoms with Crippen LogP contribution in [0.5, 0.6) is 0 Å². The lowest BCUT2D eigenvalue weighted by molar-refractivity contribution is -0.147. The van der Waals surface area contributed by atoms with E-state index in [1.54, 1.807) is 4.90 Å². The van der Waals surface area contributed by atoms with Gasteiger partial charge in [0.25, 0.3) is 0 Å². The summed E-state index contributed by atoms with van der Waals surface area (Å²) in [5.41, 5.74) is 1.97. The molecule has 1 aliphatic heterocycles. The van der Waals surface area contributed by atoms with E-state index in [1.165, 1.54) is 11.3 Å². The van der Waals surface area contributed by atoms with Crippen LogP contribution >= 0.6 is 11.3 Å². The van der Waals surface area contributed by atoms with Gasteiger partial charge in [0.1, 0.15) is 5.01 Å². The molecular weight excluding hydrogens is 252 g/mol. The van der Waals surface area contributed by atoms with Crippen molar-refractivity contribution in [3.63, 3.8) is 0 Å². The number of piperazine rings is 1. The van der Waals surface area contributed by atoms with Crippen molar-refractivity contribution in [3.05, 3.63) is 5.01 Å². The Labute approximate surface area is 110 Å². The average molecular weight is 270 g/mol. The lowest BCUT2D eigenvalue weighted by Gasteiger charge is -2.44. The number of hydrazine groups is 1. The lowest BCUT2D eigenvalue weighted by atomic mass is 9.98. The number of rotatable bonds is 3. The van der Waals surface area contributed by atoms with Crippen molar-refractivity contribution in [2.75, 3.05) is 25.6 Å². The first-order valence-corrected chi connectivity index (χ1v) is 6.56. The summed E-state index contributed by atoms with van der Waals surface area (Å²) in [5, 5.41) is 9.38. The predicted octanol–water partition coefficient (Wildman–Crippen LogP) is -0.124. The Balaban J connectivity index is 2.11. The zero-order chi connectivity index (χ0) is 13.3. The highest BCUT2D eigenvalue weighted by Gasteiger charge is 2.40. The van der Waals surface area contributed by atoms with E-state index in [1.807, 2.05) is 20.9 Å². The molecule has 1 fully saturated rings. The number of aromatic nitrogens is 2. The molecule has 2 heterocycles. The number of nitrogen functional groups attached to an aromatic ring is 1. The minimum Gasteiger partial charge on any atom is -0.343 e. The number of amides is 1. The van der Waals surface area contributed by atoms with Gasteiger partial charge < -0.3 is 4.90 Å². The molecular formula is C10H18N6OS. The molecule has 1 amide bonds. The van der Waals surface area contributed by atoms with Gasteiger partial charge in [0.15, 0.2) is 0 Å². The number of nitrogens with two attached hydrogens (primary N) is 1. The van der Waals surface area contributed by atoms with Crippen LogP contribution < -0.4 is 11.3 Å². The second-order valence-electron chi connectivity index (χ2n) is 4.85. The number of hydrogen-bond acceptors (Lipinski definition) is 7. The van der Waals surface area contributed by atoms with Crippen LogP contribution in [-0.4, -0.2) is 51.6 Å². The molecule has 100 valence electrons. The highest BCUT2D eigenvalue weighted by atomic mass is 32.1. The molecule has 3 N–H and O–H groups in total. The summed E-state index contributed by atoms with van der Waals surface area (Å²) in [7, 11) is 1.84. The molecule has 0 radical (unpaired) electrons. The van der Waals surface area contributed by atoms with Gasteiger partial charge in [0, 0.05) is 20.1 Å². The van der Waals surface area contributed by atoms with E-state index >= 15 is 0 Å². The smallest absolute Gasteiger partial charge is 0.242 e. The maximum absolute atomic E-state index is 12.1. The summed E-state index contributed by atoms with van der Waals surface area (Å²) < 4.78 is 0. The Hall–Kier alpha value is -1.25. The molecule has 0 bridgehead atoms. The van der Waals surface area contributed by atoms with Crippen molar-refractivity contribution in [2.24, 2.45) is 5.84 Å². The first kappa shape index (κ1) is 13.2. The molecule has 0 saturated carbocycles. The fraction of sp³-hybridized carbons (Fsp3) is 0.700. The number of nitrogens with zero attached hydrogens (tertiary/aromatic N) is 4. The monoisotopic (exact) mass is 270 g/mol. The zero-order valence-corrected chi connectivity index (χ0v) is 11.6. The molecule has 2 rings (SSSR count). The number of nitrogens with one attached hydrogen (secondary N) is 1. The predicted molar refractivity (Wildman–Crippen MR) is 69.8 cm³/mol. The van der Waals surface area contributed by atoms with Crippen LogP contribution in [0.2, 0.25) is 0 Å². The van der Waals surface area contributed by atoms with Gasteiger partial charge in [0.05, 0.1) is 12.1 Å². The van der Waals surface area contributed by atoms with E-state index in [9.17, 15) is 4.79 Å². The number of hydrogen-bond donors (Lipinski definition) is 2. The molecule has 8 heteroatoms. The molecule has 0 aromatic carbocycles. The van der Waals surface area contributed by atoms with Crippen LogP contribution in [0.25, 0.3) is 0 Å². The van der Waals surface area contributed by atoms with E-state index in [2.05, 4.69) is 20.5 Å². The summed E-state index contributed by atoms with van der Waals surface area (Å²) in [4.78, 5) is 16.0. The molecule has 0 atom stereocenters. The van der Waals surface area contributed by atoms with Crippen molar-refractivity contribution >= 4 is 22.4 Å². The fourth-order valence-corrected chi connectivity index (χ4v) is 2.74. The number of likely N-dealkylation sites (N-methyl/N-ethyl adjacent to an activating group) is 1. The maximum atomic E-state index is 12.1. The van der Waals surface area contributed by atoms with E-state index < -0.39 is 5.54 Å². The molecule has 18 heavy (non-hydrogen) atoms. The largest absolute Gasteiger partial charge is 0.343 e. The third kappa shape index (κ3) is 2.31. The first-order chi connectivity index (χ1) is 8.45. The minimum absolute atomic E-state index is 0.135. The number of anilines is 1. The summed E-state index contributed by atoms with van der Waals surface area (Å²) in [6.07, 6.45) is 0. The summed E-state index contributed by atoms with van der Waals surface area (Å²) in [5.74, 6) is 5.41. The van der Waals surface area contributed by atoms with Crippen molar-refractivity contribution in [1.29, 1.82) is 0 Å². The van der Waals surface area contributed by atoms with E-state index in [0.717, 1.165) is 18.1 Å². The second-order valence-corrected chi connectivity index (χ2v) is 5.91. The Morgan fingerprint density at radius 1 is 1.44 bits per heavy atom. The van der Waals surface area contributed by atoms with Gasteiger partial charge in [-0.2, -0.15) is 0 Å². The quantitative estimate of drug-likeness (QED) is 0.588. The SMILES string of the molecule is CN1CCN(Cc2nnc(NN)s2)C(C)(C)C1=O. The van der Waals surface area contributed by atoms with Crippen LogP contribution in [0.3, 0.4) is 0 Å². The lowest BCUT2D eigenvalue weighted by Crippen LogP contribution is -2.61. The first-order valence-electron chi connectivity index (χ1n) is 5.74. The van der Waals surface area contributed by atoms with Crippen molar-refractivity contribution < 1.29 is 4.79 Å². The zero-order valence-electron chi connectivity index (χ0n) is 10.8. The fourth-order valence-electron chi connectivity index (χ4n) is 2.07. The standard InChI is InChI=1S/C10H18N6OS/c1-10(2)8(17)15(3)4-5-16(10)6-7-13-14-9(12-11)18-7/h4-6,11H2,1-3H3,(H,12,14). The van der Waals surface area contributed by atoms with Crippen molar-refractivity contribution in [2.45, 2.75) is 25.9 Å². The molecule has 1 saturated heterocycles. The second kappa shape index (κ2) is 4.79. The molecule has 7 nitrogen and oxygen atoms in total. The third-order valence-electron chi connectivity index (χ3n) is 3.28. The number of carbonyl (C=O) groups is 1. The molecule has 1 aromatic rings. The summed E-state index contributed by atoms with van der Waals surface area (Å²) >= 11 is 1.40. The van der Waals surface area contributed by atoms with Crippen LogP contribution in [0, 0.1) is 0 Å². The highest BCUT2D eigenvalue weighted by molar-refractivity contribution is 7.15. The average Bonchev–Trinajstić information content (AvgIpc) is 2.78. The van der Waals surface area contributed by atoms with Crippen LogP contribution in [0.1, 0.15) is 18.9 Å². The Morgan fingerprint density at radius 3 is 2.78 bits per heavy atom. The van der Waals surface area contributed by atoms with Gasteiger partial charge in [-0.05, 0) is 13.8 Å². The van der Waals surface area contributed by atoms with Gasteiger partial charge in [-0.3, -0.25) is 15.1 Å². The molecule has 1 aliphatic rings. The highest BCUT2D eigenvalue weighted by Crippen LogP contribution is 2.25. The molecule has 0 spiro atoms. The Bertz CT molecular complexity index is 445. The van der Waals surface area contributed by atoms with Crippen molar-refractivity contribution in [3.8, 4) is 0 Å². The summed E-state index contributed by atoms with van der Waals surface area (Å²) in [6, 6.07) is 0. The van der Waals surface area contributed by atoms with Gasteiger partial charge in [-0.25, -0.2) is 5.84 Å². The van der Waals surface area contributed by atoms with Gasteiger partial charge >= 0.3 is 0 Å². The molecule has 1 aromatic heterocycles. The van der Waals surface area contributed by atoms with Crippen LogP contribution in [0.15, 0.2) is 0 Å². The van der Waals surface area contributed by atoms with Gasteiger partial charge in [0.2, 0.25) is 11.0 Å². The Kier molecular flexibility index (Phi) is 3.51. The van der Waals surface area contributed by atoms with E-state index in [-0.39, 0.29) is 5.91 Å². The third-order valence-corrected chi connectivity index (χ3v) is 4.12. The van der Waals surface area contributed by atoms with E-state index in [4.69, 9.17) is 5.84 Å². The topological polar surface area (TPSA) is 87.4 Å². The molecule has 0 unspecified atom stereocenters. The summed E-state index contributed by atoms with van der Waals surface area (Å²) in [6.45, 7) is 6.07. The van der Waals surface area contributed by atoms with Crippen molar-refractivity contribution in [1.82, 2.24) is 20.0 Å².